The second-order valence-corrected chi connectivity index (χ2v) is 4.22. The molecule has 0 unspecified atom stereocenters. The van der Waals surface area contributed by atoms with Crippen LogP contribution in [0.3, 0.4) is 0 Å². The molecule has 0 amide bonds. The number of pyridine rings is 1. The number of anilines is 1. The summed E-state index contributed by atoms with van der Waals surface area (Å²) in [6.07, 6.45) is 0.952. The Kier molecular flexibility index (Phi) is 4.23. The van der Waals surface area contributed by atoms with Crippen molar-refractivity contribution in [1.29, 1.82) is 0 Å². The molecular formula is C15H18N2O2. The molecule has 2 aromatic rings. The van der Waals surface area contributed by atoms with Crippen LogP contribution >= 0.6 is 0 Å². The van der Waals surface area contributed by atoms with E-state index in [-0.39, 0.29) is 0 Å². The monoisotopic (exact) mass is 258 g/mol. The fourth-order valence-corrected chi connectivity index (χ4v) is 1.58. The van der Waals surface area contributed by atoms with E-state index in [4.69, 9.17) is 15.2 Å². The lowest BCUT2D eigenvalue weighted by Gasteiger charge is -2.11. The molecule has 0 aliphatic carbocycles. The number of aromatic nitrogens is 1. The first-order chi connectivity index (χ1) is 9.20. The Labute approximate surface area is 113 Å². The van der Waals surface area contributed by atoms with Crippen LogP contribution in [0.15, 0.2) is 36.4 Å². The molecule has 4 nitrogen and oxygen atoms in total. The number of benzene rings is 1. The Morgan fingerprint density at radius 2 is 1.84 bits per heavy atom. The van der Waals surface area contributed by atoms with Gasteiger partial charge in [-0.1, -0.05) is 19.1 Å². The fraction of sp³-hybridized carbons (Fsp3) is 0.267. The minimum atomic E-state index is 0.513. The van der Waals surface area contributed by atoms with Gasteiger partial charge in [0.15, 0.2) is 11.5 Å². The van der Waals surface area contributed by atoms with Gasteiger partial charge in [0, 0.05) is 6.07 Å². The minimum absolute atomic E-state index is 0.513. The zero-order valence-electron chi connectivity index (χ0n) is 11.2. The molecule has 1 heterocycles. The van der Waals surface area contributed by atoms with E-state index < -0.39 is 0 Å². The maximum atomic E-state index is 5.75. The van der Waals surface area contributed by atoms with Gasteiger partial charge in [0.2, 0.25) is 5.88 Å². The Morgan fingerprint density at radius 3 is 2.53 bits per heavy atom. The number of para-hydroxylation sites is 2. The smallest absolute Gasteiger partial charge is 0.219 e. The predicted octanol–water partition coefficient (Wildman–Crippen LogP) is 3.55. The third-order valence-corrected chi connectivity index (χ3v) is 2.63. The van der Waals surface area contributed by atoms with Crippen LogP contribution in [0.5, 0.6) is 17.4 Å². The lowest BCUT2D eigenvalue weighted by molar-refractivity contribution is 0.300. The third-order valence-electron chi connectivity index (χ3n) is 2.63. The summed E-state index contributed by atoms with van der Waals surface area (Å²) in [5.41, 5.74) is 7.14. The van der Waals surface area contributed by atoms with Crippen molar-refractivity contribution in [2.45, 2.75) is 20.3 Å². The Balaban J connectivity index is 2.20. The molecule has 4 heteroatoms. The van der Waals surface area contributed by atoms with Crippen molar-refractivity contribution >= 4 is 5.69 Å². The molecule has 19 heavy (non-hydrogen) atoms. The molecule has 0 atom stereocenters. The van der Waals surface area contributed by atoms with Crippen molar-refractivity contribution in [3.8, 4) is 17.4 Å². The molecule has 0 aliphatic rings. The van der Waals surface area contributed by atoms with Gasteiger partial charge in [-0.15, -0.1) is 0 Å². The van der Waals surface area contributed by atoms with Crippen molar-refractivity contribution in [1.82, 2.24) is 4.98 Å². The normalized spacial score (nSPS) is 10.2. The van der Waals surface area contributed by atoms with E-state index in [9.17, 15) is 0 Å². The first-order valence-electron chi connectivity index (χ1n) is 6.33. The molecule has 0 radical (unpaired) electrons. The van der Waals surface area contributed by atoms with Crippen LogP contribution in [-0.4, -0.2) is 11.6 Å². The molecular weight excluding hydrogens is 240 g/mol. The Bertz CT molecular complexity index is 556. The molecule has 0 aliphatic heterocycles. The van der Waals surface area contributed by atoms with E-state index in [0.717, 1.165) is 17.9 Å². The molecule has 100 valence electrons. The molecule has 1 aromatic heterocycles. The summed E-state index contributed by atoms with van der Waals surface area (Å²) in [4.78, 5) is 4.29. The summed E-state index contributed by atoms with van der Waals surface area (Å²) in [6.45, 7) is 4.57. The van der Waals surface area contributed by atoms with E-state index in [1.165, 1.54) is 0 Å². The summed E-state index contributed by atoms with van der Waals surface area (Å²) >= 11 is 0. The quantitative estimate of drug-likeness (QED) is 0.891. The van der Waals surface area contributed by atoms with Gasteiger partial charge in [-0.05, 0) is 31.5 Å². The van der Waals surface area contributed by atoms with E-state index in [2.05, 4.69) is 11.9 Å². The maximum absolute atomic E-state index is 5.75. The van der Waals surface area contributed by atoms with Gasteiger partial charge in [-0.25, -0.2) is 4.98 Å². The van der Waals surface area contributed by atoms with Crippen LogP contribution in [0.2, 0.25) is 0 Å². The van der Waals surface area contributed by atoms with Crippen LogP contribution in [0.4, 0.5) is 5.69 Å². The number of hydrogen-bond acceptors (Lipinski definition) is 4. The number of hydrogen-bond donors (Lipinski definition) is 1. The first kappa shape index (κ1) is 13.2. The van der Waals surface area contributed by atoms with Gasteiger partial charge in [-0.3, -0.25) is 0 Å². The largest absolute Gasteiger partial charge is 0.490 e. The van der Waals surface area contributed by atoms with E-state index in [0.29, 0.717) is 23.9 Å². The molecule has 0 saturated heterocycles. The lowest BCUT2D eigenvalue weighted by atomic mass is 10.3. The molecule has 2 N–H and O–H groups in total. The number of nitrogen functional groups attached to an aromatic ring is 1. The molecule has 2 rings (SSSR count). The summed E-state index contributed by atoms with van der Waals surface area (Å²) in [7, 11) is 0. The topological polar surface area (TPSA) is 57.4 Å². The van der Waals surface area contributed by atoms with Crippen LogP contribution in [0.1, 0.15) is 19.0 Å². The van der Waals surface area contributed by atoms with Crippen molar-refractivity contribution in [2.24, 2.45) is 0 Å². The highest BCUT2D eigenvalue weighted by molar-refractivity contribution is 5.46. The Hall–Kier alpha value is -2.23. The maximum Gasteiger partial charge on any atom is 0.219 e. The standard InChI is InChI=1S/C15H18N2O2/c1-3-10-18-13-6-4-5-7-14(13)19-15-9-8-12(16)11(2)17-15/h4-9H,3,10,16H2,1-2H3. The highest BCUT2D eigenvalue weighted by atomic mass is 16.5. The Morgan fingerprint density at radius 1 is 1.11 bits per heavy atom. The number of rotatable bonds is 5. The molecule has 0 fully saturated rings. The number of ether oxygens (including phenoxy) is 2. The van der Waals surface area contributed by atoms with Crippen LogP contribution in [-0.2, 0) is 0 Å². The van der Waals surface area contributed by atoms with Crippen LogP contribution < -0.4 is 15.2 Å². The average molecular weight is 258 g/mol. The van der Waals surface area contributed by atoms with Gasteiger partial charge in [0.25, 0.3) is 0 Å². The molecule has 0 bridgehead atoms. The first-order valence-corrected chi connectivity index (χ1v) is 6.33. The molecule has 1 aromatic carbocycles. The van der Waals surface area contributed by atoms with E-state index in [1.54, 1.807) is 12.1 Å². The van der Waals surface area contributed by atoms with Gasteiger partial charge in [-0.2, -0.15) is 0 Å². The van der Waals surface area contributed by atoms with Crippen LogP contribution in [0.25, 0.3) is 0 Å². The summed E-state index contributed by atoms with van der Waals surface area (Å²) < 4.78 is 11.4. The molecule has 0 spiro atoms. The van der Waals surface area contributed by atoms with Gasteiger partial charge in [0.05, 0.1) is 18.0 Å². The van der Waals surface area contributed by atoms with E-state index >= 15 is 0 Å². The summed E-state index contributed by atoms with van der Waals surface area (Å²) in [5.74, 6) is 1.90. The van der Waals surface area contributed by atoms with Crippen molar-refractivity contribution < 1.29 is 9.47 Å². The highest BCUT2D eigenvalue weighted by Gasteiger charge is 2.07. The zero-order chi connectivity index (χ0) is 13.7. The average Bonchev–Trinajstić information content (AvgIpc) is 2.42. The number of aryl methyl sites for hydroxylation is 1. The second kappa shape index (κ2) is 6.09. The summed E-state index contributed by atoms with van der Waals surface area (Å²) in [6, 6.07) is 11.1. The lowest BCUT2D eigenvalue weighted by Crippen LogP contribution is -1.99. The van der Waals surface area contributed by atoms with Gasteiger partial charge >= 0.3 is 0 Å². The highest BCUT2D eigenvalue weighted by Crippen LogP contribution is 2.31. The van der Waals surface area contributed by atoms with Crippen molar-refractivity contribution in [3.05, 3.63) is 42.1 Å². The second-order valence-electron chi connectivity index (χ2n) is 4.22. The third kappa shape index (κ3) is 3.37. The van der Waals surface area contributed by atoms with Gasteiger partial charge in [0.1, 0.15) is 0 Å². The van der Waals surface area contributed by atoms with Gasteiger partial charge < -0.3 is 15.2 Å². The predicted molar refractivity (Wildman–Crippen MR) is 75.7 cm³/mol. The van der Waals surface area contributed by atoms with Crippen LogP contribution in [0, 0.1) is 6.92 Å². The number of nitrogens with two attached hydrogens (primary N) is 1. The van der Waals surface area contributed by atoms with Crippen molar-refractivity contribution in [3.63, 3.8) is 0 Å². The summed E-state index contributed by atoms with van der Waals surface area (Å²) in [5, 5.41) is 0. The number of nitrogens with zero attached hydrogens (tertiary/aromatic N) is 1. The fourth-order valence-electron chi connectivity index (χ4n) is 1.58. The zero-order valence-corrected chi connectivity index (χ0v) is 11.2. The SMILES string of the molecule is CCCOc1ccccc1Oc1ccc(N)c(C)n1. The van der Waals surface area contributed by atoms with E-state index in [1.807, 2.05) is 31.2 Å². The minimum Gasteiger partial charge on any atom is -0.490 e. The van der Waals surface area contributed by atoms with Crippen molar-refractivity contribution in [2.75, 3.05) is 12.3 Å². The molecule has 0 saturated carbocycles.